The first kappa shape index (κ1) is 12.5. The van der Waals surface area contributed by atoms with Gasteiger partial charge in [-0.2, -0.15) is 0 Å². The number of hydrogen-bond acceptors (Lipinski definition) is 3. The lowest BCUT2D eigenvalue weighted by Gasteiger charge is -2.13. The van der Waals surface area contributed by atoms with Crippen LogP contribution in [0.5, 0.6) is 5.75 Å². The fraction of sp³-hybridized carbons (Fsp3) is 0.462. The first-order chi connectivity index (χ1) is 9.15. The predicted molar refractivity (Wildman–Crippen MR) is 74.6 cm³/mol. The minimum Gasteiger partial charge on any atom is -0.491 e. The zero-order valence-electron chi connectivity index (χ0n) is 10.7. The lowest BCUT2D eigenvalue weighted by molar-refractivity contribution is 0.259. The molecule has 1 aromatic carbocycles. The van der Waals surface area contributed by atoms with Gasteiger partial charge in [0.15, 0.2) is 0 Å². The Hall–Kier alpha value is -1.56. The number of hydrogen-bond donors (Lipinski definition) is 2. The third-order valence-electron chi connectivity index (χ3n) is 3.51. The number of nitrogens with one attached hydrogen (secondary N) is 1. The van der Waals surface area contributed by atoms with Gasteiger partial charge in [0, 0.05) is 23.3 Å². The van der Waals surface area contributed by atoms with E-state index in [0.717, 1.165) is 48.2 Å². The molecular formula is C13H16N2O3S. The van der Waals surface area contributed by atoms with E-state index >= 15 is 0 Å². The van der Waals surface area contributed by atoms with Gasteiger partial charge >= 0.3 is 6.03 Å². The molecular weight excluding hydrogens is 264 g/mol. The molecule has 1 atom stereocenters. The Morgan fingerprint density at radius 1 is 1.37 bits per heavy atom. The highest BCUT2D eigenvalue weighted by Crippen LogP contribution is 2.42. The van der Waals surface area contributed by atoms with E-state index in [9.17, 15) is 9.00 Å². The Morgan fingerprint density at radius 3 is 3.00 bits per heavy atom. The zero-order chi connectivity index (χ0) is 13.4. The molecule has 1 N–H and O–H groups in total. The Kier molecular flexibility index (Phi) is 3.18. The molecule has 6 heteroatoms. The normalized spacial score (nSPS) is 17.7. The highest BCUT2D eigenvalue weighted by Gasteiger charge is 2.26. The van der Waals surface area contributed by atoms with Crippen molar-refractivity contribution in [2.24, 2.45) is 4.36 Å². The molecule has 0 bridgehead atoms. The molecule has 19 heavy (non-hydrogen) atoms. The maximum Gasteiger partial charge on any atom is 0.353 e. The molecule has 3 rings (SSSR count). The average molecular weight is 280 g/mol. The number of ether oxygens (including phenoxy) is 1. The number of urea groups is 1. The van der Waals surface area contributed by atoms with Gasteiger partial charge in [0.25, 0.3) is 0 Å². The van der Waals surface area contributed by atoms with E-state index in [1.807, 2.05) is 0 Å². The topological polar surface area (TPSA) is 67.8 Å². The van der Waals surface area contributed by atoms with Gasteiger partial charge in [-0.3, -0.25) is 4.21 Å². The zero-order valence-corrected chi connectivity index (χ0v) is 11.6. The number of amides is 2. The summed E-state index contributed by atoms with van der Waals surface area (Å²) >= 11 is 0. The first-order valence-electron chi connectivity index (χ1n) is 6.39. The van der Waals surface area contributed by atoms with E-state index in [1.54, 1.807) is 0 Å². The molecule has 0 saturated heterocycles. The Morgan fingerprint density at radius 2 is 2.21 bits per heavy atom. The van der Waals surface area contributed by atoms with Crippen molar-refractivity contribution < 1.29 is 13.7 Å². The summed E-state index contributed by atoms with van der Waals surface area (Å²) < 4.78 is 20.2. The number of anilines is 1. The van der Waals surface area contributed by atoms with Crippen LogP contribution in [0.25, 0.3) is 0 Å². The second-order valence-electron chi connectivity index (χ2n) is 4.82. The predicted octanol–water partition coefficient (Wildman–Crippen LogP) is 1.94. The van der Waals surface area contributed by atoms with Crippen LogP contribution >= 0.6 is 0 Å². The summed E-state index contributed by atoms with van der Waals surface area (Å²) in [6, 6.07) is 1.64. The van der Waals surface area contributed by atoms with Crippen LogP contribution in [0.2, 0.25) is 0 Å². The summed E-state index contributed by atoms with van der Waals surface area (Å²) in [5.74, 6) is 0.774. The lowest BCUT2D eigenvalue weighted by atomic mass is 10.0. The third-order valence-corrected chi connectivity index (χ3v) is 3.97. The van der Waals surface area contributed by atoms with Gasteiger partial charge in [0.1, 0.15) is 5.75 Å². The molecule has 1 heterocycles. The first-order valence-corrected chi connectivity index (χ1v) is 8.05. The molecule has 0 aromatic heterocycles. The number of benzene rings is 1. The van der Waals surface area contributed by atoms with E-state index in [2.05, 4.69) is 15.7 Å². The molecule has 0 saturated carbocycles. The van der Waals surface area contributed by atoms with Crippen LogP contribution in [-0.2, 0) is 29.9 Å². The van der Waals surface area contributed by atoms with Crippen LogP contribution in [0.3, 0.4) is 0 Å². The van der Waals surface area contributed by atoms with Crippen molar-refractivity contribution in [3.63, 3.8) is 0 Å². The number of carbonyl (C=O) groups is 1. The Labute approximate surface area is 113 Å². The number of fused-ring (bicyclic) bond motifs is 2. The van der Waals surface area contributed by atoms with Crippen LogP contribution in [0.15, 0.2) is 10.4 Å². The number of rotatable bonds is 1. The highest BCUT2D eigenvalue weighted by atomic mass is 32.2. The van der Waals surface area contributed by atoms with E-state index in [0.29, 0.717) is 6.61 Å². The van der Waals surface area contributed by atoms with E-state index in [4.69, 9.17) is 4.74 Å². The molecule has 1 unspecified atom stereocenters. The van der Waals surface area contributed by atoms with Crippen LogP contribution in [-0.4, -0.2) is 23.1 Å². The van der Waals surface area contributed by atoms with Crippen molar-refractivity contribution in [2.75, 3.05) is 18.2 Å². The quantitative estimate of drug-likeness (QED) is 0.772. The number of aryl methyl sites for hydroxylation is 1. The second kappa shape index (κ2) is 4.85. The fourth-order valence-electron chi connectivity index (χ4n) is 2.79. The molecule has 5 nitrogen and oxygen atoms in total. The van der Waals surface area contributed by atoms with Crippen LogP contribution in [0.4, 0.5) is 10.5 Å². The van der Waals surface area contributed by atoms with Gasteiger partial charge in [-0.25, -0.2) is 4.79 Å². The van der Waals surface area contributed by atoms with Gasteiger partial charge in [-0.15, -0.1) is 4.36 Å². The van der Waals surface area contributed by atoms with E-state index < -0.39 is 16.6 Å². The molecule has 1 aromatic rings. The summed E-state index contributed by atoms with van der Waals surface area (Å²) in [4.78, 5) is 11.7. The van der Waals surface area contributed by atoms with Gasteiger partial charge in [-0.05, 0) is 36.0 Å². The maximum absolute atomic E-state index is 11.7. The van der Waals surface area contributed by atoms with E-state index in [-0.39, 0.29) is 0 Å². The van der Waals surface area contributed by atoms with Gasteiger partial charge in [0.05, 0.1) is 12.3 Å². The Balaban J connectivity index is 2.03. The number of nitrogens with zero attached hydrogens (tertiary/aromatic N) is 1. The van der Waals surface area contributed by atoms with Crippen LogP contribution < -0.4 is 10.1 Å². The van der Waals surface area contributed by atoms with Crippen molar-refractivity contribution >= 4 is 22.3 Å². The van der Waals surface area contributed by atoms with Crippen molar-refractivity contribution in [3.05, 3.63) is 22.8 Å². The summed E-state index contributed by atoms with van der Waals surface area (Å²) in [6.45, 7) is 0.653. The maximum atomic E-state index is 11.7. The monoisotopic (exact) mass is 280 g/mol. The van der Waals surface area contributed by atoms with Crippen molar-refractivity contribution in [1.82, 2.24) is 0 Å². The molecule has 1 aliphatic heterocycles. The van der Waals surface area contributed by atoms with Crippen molar-refractivity contribution in [2.45, 2.75) is 25.7 Å². The minimum atomic E-state index is -1.83. The summed E-state index contributed by atoms with van der Waals surface area (Å²) in [7, 11) is -1.83. The average Bonchev–Trinajstić information content (AvgIpc) is 2.94. The number of thiol groups is 1. The molecule has 0 radical (unpaired) electrons. The fourth-order valence-corrected chi connectivity index (χ4v) is 3.10. The Bertz CT molecular complexity index is 601. The van der Waals surface area contributed by atoms with Crippen LogP contribution in [0, 0.1) is 0 Å². The van der Waals surface area contributed by atoms with Crippen molar-refractivity contribution in [1.29, 1.82) is 0 Å². The van der Waals surface area contributed by atoms with Crippen LogP contribution in [0.1, 0.15) is 23.1 Å². The second-order valence-corrected chi connectivity index (χ2v) is 5.95. The molecule has 0 spiro atoms. The summed E-state index contributed by atoms with van der Waals surface area (Å²) in [5.41, 5.74) is 4.33. The van der Waals surface area contributed by atoms with Gasteiger partial charge in [-0.1, -0.05) is 6.07 Å². The van der Waals surface area contributed by atoms with Gasteiger partial charge < -0.3 is 10.1 Å². The largest absolute Gasteiger partial charge is 0.491 e. The third kappa shape index (κ3) is 2.32. The lowest BCUT2D eigenvalue weighted by Crippen LogP contribution is -2.10. The van der Waals surface area contributed by atoms with E-state index in [1.165, 1.54) is 11.8 Å². The summed E-state index contributed by atoms with van der Waals surface area (Å²) in [5, 5.41) is 2.76. The minimum absolute atomic E-state index is 0.554. The standard InChI is InChI=1S/C13H16N2O3S/c1-19(17)15-13(16)14-11-10-4-2-3-8(10)7-9-5-6-18-12(9)11/h7,19H,2-6H2,1H3,(H,14,16). The molecule has 1 aliphatic carbocycles. The smallest absolute Gasteiger partial charge is 0.353 e. The SMILES string of the molecule is C/[SH](=O)=N\C(=O)Nc1c2c(cc3c1OCC3)CCC2. The summed E-state index contributed by atoms with van der Waals surface area (Å²) in [6.07, 6.45) is 5.38. The molecule has 0 fully saturated rings. The van der Waals surface area contributed by atoms with Gasteiger partial charge in [0.2, 0.25) is 0 Å². The number of carbonyl (C=O) groups excluding carboxylic acids is 1. The molecule has 2 aliphatic rings. The highest BCUT2D eigenvalue weighted by molar-refractivity contribution is 7.74. The van der Waals surface area contributed by atoms with Crippen molar-refractivity contribution in [3.8, 4) is 5.75 Å². The molecule has 2 amide bonds. The molecule has 102 valence electrons.